The molecule has 0 fully saturated rings. The molecule has 0 heterocycles. The fourth-order valence-electron chi connectivity index (χ4n) is 5.03. The second kappa shape index (κ2) is 14.4. The Balaban J connectivity index is 0.000000186. The molecule has 0 aromatic heterocycles. The van der Waals surface area contributed by atoms with Crippen LogP contribution < -0.4 is 0 Å². The first-order chi connectivity index (χ1) is 21.0. The predicted molar refractivity (Wildman–Crippen MR) is 176 cm³/mol. The minimum Gasteiger partial charge on any atom is -0.744 e. The average molecular weight is 691 g/mol. The Morgan fingerprint density at radius 2 is 0.587 bits per heavy atom. The van der Waals surface area contributed by atoms with Gasteiger partial charge in [-0.2, -0.15) is 0 Å². The molecule has 0 aliphatic heterocycles. The summed E-state index contributed by atoms with van der Waals surface area (Å²) in [4.78, 5) is -0.413. The summed E-state index contributed by atoms with van der Waals surface area (Å²) in [6.45, 7) is 4.94. The number of hydrogen-bond acceptors (Lipinski definition) is 9. The second-order valence-electron chi connectivity index (χ2n) is 10.1. The molecule has 0 radical (unpaired) electrons. The Labute approximate surface area is 278 Å². The molecule has 9 nitrogen and oxygen atoms in total. The van der Waals surface area contributed by atoms with E-state index in [4.69, 9.17) is 0 Å². The summed E-state index contributed by atoms with van der Waals surface area (Å²) in [6, 6.07) is 31.1. The second-order valence-corrected chi connectivity index (χ2v) is 14.1. The molecule has 0 bridgehead atoms. The van der Waals surface area contributed by atoms with E-state index in [-0.39, 0.29) is 32.0 Å². The van der Waals surface area contributed by atoms with Gasteiger partial charge in [0, 0.05) is 0 Å². The number of rotatable bonds is 3. The van der Waals surface area contributed by atoms with Crippen molar-refractivity contribution >= 4 is 80.0 Å². The Kier molecular flexibility index (Phi) is 11.5. The molecule has 6 aromatic carbocycles. The third kappa shape index (κ3) is 8.38. The van der Waals surface area contributed by atoms with E-state index in [1.165, 1.54) is 18.2 Å². The van der Waals surface area contributed by atoms with Gasteiger partial charge in [0.25, 0.3) is 0 Å². The summed E-state index contributed by atoms with van der Waals surface area (Å²) < 4.78 is 98.5. The Hall–Kier alpha value is -3.64. The van der Waals surface area contributed by atoms with Crippen LogP contribution in [0.3, 0.4) is 0 Å². The van der Waals surface area contributed by atoms with Crippen LogP contribution in [-0.4, -0.2) is 56.3 Å². The minimum absolute atomic E-state index is 0. The van der Waals surface area contributed by atoms with Gasteiger partial charge < -0.3 is 13.7 Å². The molecule has 0 saturated heterocycles. The zero-order chi connectivity index (χ0) is 33.2. The van der Waals surface area contributed by atoms with Crippen LogP contribution in [0.15, 0.2) is 124 Å². The van der Waals surface area contributed by atoms with Crippen molar-refractivity contribution in [2.45, 2.75) is 35.5 Å². The summed E-state index contributed by atoms with van der Waals surface area (Å²) in [5.41, 5.74) is 1.55. The smallest absolute Gasteiger partial charge is 0.744 e. The molecule has 0 N–H and O–H groups in total. The largest absolute Gasteiger partial charge is 3.00 e. The normalized spacial score (nSPS) is 11.6. The SMILES string of the molecule is Cc1c(S(=O)(=O)[O-])ccc2ccccc12.Cc1c(S(=O)(=O)[O-])ccc2ccccc12.Cc1c(S(=O)(=O)[O-])ccc2ccccc12.[Al+3]. The van der Waals surface area contributed by atoms with E-state index in [0.29, 0.717) is 16.7 Å². The fourth-order valence-corrected chi connectivity index (χ4v) is 7.19. The molecule has 0 aliphatic rings. The first kappa shape index (κ1) is 36.8. The maximum Gasteiger partial charge on any atom is 3.00 e. The van der Waals surface area contributed by atoms with Crippen molar-refractivity contribution in [1.82, 2.24) is 0 Å². The number of aryl methyl sites for hydroxylation is 3. The molecule has 0 saturated carbocycles. The molecule has 46 heavy (non-hydrogen) atoms. The maximum absolute atomic E-state index is 10.9. The van der Waals surface area contributed by atoms with Crippen LogP contribution in [0.1, 0.15) is 16.7 Å². The average Bonchev–Trinajstić information content (AvgIpc) is 2.97. The van der Waals surface area contributed by atoms with Crippen molar-refractivity contribution in [2.75, 3.05) is 0 Å². The monoisotopic (exact) mass is 690 g/mol. The molecule has 0 spiro atoms. The molecule has 13 heteroatoms. The van der Waals surface area contributed by atoms with E-state index in [1.807, 2.05) is 54.6 Å². The molecule has 0 atom stereocenters. The molecular weight excluding hydrogens is 664 g/mol. The van der Waals surface area contributed by atoms with Crippen molar-refractivity contribution in [1.29, 1.82) is 0 Å². The van der Waals surface area contributed by atoms with Gasteiger partial charge in [0.1, 0.15) is 30.4 Å². The third-order valence-electron chi connectivity index (χ3n) is 7.25. The Bertz CT molecular complexity index is 2120. The van der Waals surface area contributed by atoms with Crippen LogP contribution >= 0.6 is 0 Å². The molecule has 6 rings (SSSR count). The standard InChI is InChI=1S/3C11H10O3S.Al/c3*1-8-10-5-3-2-4-9(10)6-7-11(8)15(12,13)14;/h3*2-7H,1H3,(H,12,13,14);/q;;;+3/p-3. The summed E-state index contributed by atoms with van der Waals surface area (Å²) in [5.74, 6) is 0. The number of hydrogen-bond donors (Lipinski definition) is 0. The summed E-state index contributed by atoms with van der Waals surface area (Å²) in [7, 11) is -13.1. The van der Waals surface area contributed by atoms with E-state index in [1.54, 1.807) is 57.2 Å². The summed E-state index contributed by atoms with van der Waals surface area (Å²) in [5, 5.41) is 5.20. The van der Waals surface area contributed by atoms with Crippen LogP contribution in [-0.2, 0) is 30.4 Å². The van der Waals surface area contributed by atoms with Crippen molar-refractivity contribution in [3.05, 3.63) is 126 Å². The van der Waals surface area contributed by atoms with Gasteiger partial charge in [-0.1, -0.05) is 91.0 Å². The van der Waals surface area contributed by atoms with Crippen LogP contribution in [0.2, 0.25) is 0 Å². The molecule has 0 unspecified atom stereocenters. The molecule has 0 amide bonds. The van der Waals surface area contributed by atoms with Gasteiger partial charge >= 0.3 is 17.4 Å². The van der Waals surface area contributed by atoms with Gasteiger partial charge in [-0.3, -0.25) is 0 Å². The van der Waals surface area contributed by atoms with Crippen molar-refractivity contribution in [2.24, 2.45) is 0 Å². The topological polar surface area (TPSA) is 172 Å². The van der Waals surface area contributed by atoms with Gasteiger partial charge in [0.05, 0.1) is 14.7 Å². The summed E-state index contributed by atoms with van der Waals surface area (Å²) >= 11 is 0. The van der Waals surface area contributed by atoms with E-state index in [0.717, 1.165) is 32.3 Å². The quantitative estimate of drug-likeness (QED) is 0.165. The molecule has 6 aromatic rings. The van der Waals surface area contributed by atoms with E-state index in [9.17, 15) is 38.9 Å². The summed E-state index contributed by atoms with van der Waals surface area (Å²) in [6.07, 6.45) is 0. The van der Waals surface area contributed by atoms with Crippen molar-refractivity contribution in [3.8, 4) is 0 Å². The molecular formula is C33H27AlO9S3. The maximum atomic E-state index is 10.9. The van der Waals surface area contributed by atoms with Crippen molar-refractivity contribution < 1.29 is 38.9 Å². The van der Waals surface area contributed by atoms with Gasteiger partial charge in [0.2, 0.25) is 0 Å². The Morgan fingerprint density at radius 3 is 0.804 bits per heavy atom. The van der Waals surface area contributed by atoms with E-state index < -0.39 is 30.4 Å². The van der Waals surface area contributed by atoms with Gasteiger partial charge in [-0.05, 0) is 88.0 Å². The van der Waals surface area contributed by atoms with Gasteiger partial charge in [0.15, 0.2) is 0 Å². The number of fused-ring (bicyclic) bond motifs is 3. The first-order valence-corrected chi connectivity index (χ1v) is 17.6. The van der Waals surface area contributed by atoms with Crippen LogP contribution in [0, 0.1) is 20.8 Å². The first-order valence-electron chi connectivity index (χ1n) is 13.3. The van der Waals surface area contributed by atoms with Crippen LogP contribution in [0.4, 0.5) is 0 Å². The fraction of sp³-hybridized carbons (Fsp3) is 0.0909. The third-order valence-corrected chi connectivity index (χ3v) is 10.2. The minimum atomic E-state index is -4.37. The zero-order valence-corrected chi connectivity index (χ0v) is 28.5. The van der Waals surface area contributed by atoms with E-state index >= 15 is 0 Å². The van der Waals surface area contributed by atoms with Gasteiger partial charge in [-0.25, -0.2) is 25.3 Å². The Morgan fingerprint density at radius 1 is 0.370 bits per heavy atom. The van der Waals surface area contributed by atoms with Gasteiger partial charge in [-0.15, -0.1) is 0 Å². The van der Waals surface area contributed by atoms with Crippen LogP contribution in [0.5, 0.6) is 0 Å². The van der Waals surface area contributed by atoms with Crippen LogP contribution in [0.25, 0.3) is 32.3 Å². The predicted octanol–water partition coefficient (Wildman–Crippen LogP) is 5.78. The number of benzene rings is 6. The van der Waals surface area contributed by atoms with Crippen molar-refractivity contribution in [3.63, 3.8) is 0 Å². The molecule has 0 aliphatic carbocycles. The van der Waals surface area contributed by atoms with E-state index in [2.05, 4.69) is 0 Å². The molecule has 234 valence electrons. The zero-order valence-electron chi connectivity index (χ0n) is 24.9.